The molecule has 0 fully saturated rings. The van der Waals surface area contributed by atoms with Gasteiger partial charge in [-0.2, -0.15) is 0 Å². The van der Waals surface area contributed by atoms with E-state index in [1.165, 1.54) is 0 Å². The second-order valence-corrected chi connectivity index (χ2v) is 11.1. The molecule has 210 valence electrons. The Kier molecular flexibility index (Phi) is 5.43. The monoisotopic (exact) mass is 570 g/mol. The molecule has 8 heteroatoms. The van der Waals surface area contributed by atoms with Gasteiger partial charge in [-0.1, -0.05) is 110 Å². The highest BCUT2D eigenvalue weighted by Crippen LogP contribution is 2.37. The molecule has 0 atom stereocenters. The van der Waals surface area contributed by atoms with E-state index in [4.69, 9.17) is 29.9 Å². The zero-order chi connectivity index (χ0) is 29.2. The van der Waals surface area contributed by atoms with Gasteiger partial charge in [-0.25, -0.2) is 29.9 Å². The lowest BCUT2D eigenvalue weighted by atomic mass is 10.1. The van der Waals surface area contributed by atoms with Crippen LogP contribution in [0.15, 0.2) is 97.1 Å². The Balaban J connectivity index is 1.52. The highest BCUT2D eigenvalue weighted by atomic mass is 15.1. The number of hydrogen-bond donors (Lipinski definition) is 1. The topological polar surface area (TPSA) is 98.1 Å². The van der Waals surface area contributed by atoms with Gasteiger partial charge in [-0.15, -0.1) is 0 Å². The van der Waals surface area contributed by atoms with Crippen LogP contribution >= 0.6 is 0 Å². The molecule has 4 aromatic carbocycles. The second kappa shape index (κ2) is 9.64. The van der Waals surface area contributed by atoms with Gasteiger partial charge in [0.15, 0.2) is 23.3 Å². The molecule has 9 rings (SSSR count). The number of rotatable bonds is 3. The molecule has 0 aliphatic carbocycles. The van der Waals surface area contributed by atoms with Gasteiger partial charge >= 0.3 is 0 Å². The molecule has 2 aliphatic rings. The summed E-state index contributed by atoms with van der Waals surface area (Å²) in [5.74, 6) is 2.51. The first-order valence-electron chi connectivity index (χ1n) is 15.0. The first kappa shape index (κ1) is 24.8. The van der Waals surface area contributed by atoms with Gasteiger partial charge in [0, 0.05) is 50.3 Å². The summed E-state index contributed by atoms with van der Waals surface area (Å²) in [7, 11) is 0. The Morgan fingerprint density at radius 1 is 0.477 bits per heavy atom. The van der Waals surface area contributed by atoms with Crippen molar-refractivity contribution in [3.05, 3.63) is 97.1 Å². The maximum Gasteiger partial charge on any atom is 0.164 e. The van der Waals surface area contributed by atoms with Gasteiger partial charge < -0.3 is 9.55 Å². The third kappa shape index (κ3) is 3.70. The number of aromatic amines is 1. The lowest BCUT2D eigenvalue weighted by Gasteiger charge is -2.05. The predicted molar refractivity (Wildman–Crippen MR) is 175 cm³/mol. The van der Waals surface area contributed by atoms with Crippen molar-refractivity contribution in [1.29, 1.82) is 0 Å². The third-order valence-corrected chi connectivity index (χ3v) is 8.43. The zero-order valence-corrected chi connectivity index (χ0v) is 24.0. The standard InChI is InChI=1S/C36H26N8/c1-2-3-20-44-35-27-18-10-11-19-28(27)36(44)43-34-26-17-9-7-15-24(26)32(41-34)39-30-22-13-5-4-12-21(22)29(37-30)38-31-23-14-6-8-16-25(23)33(40-31)42-35/h4-19H,2-3,20H2,1H3,(H,37,38,39,40,41,42,43). The molecule has 0 saturated heterocycles. The van der Waals surface area contributed by atoms with Crippen molar-refractivity contribution >= 4 is 44.1 Å². The minimum absolute atomic E-state index is 0.616. The van der Waals surface area contributed by atoms with Crippen molar-refractivity contribution in [2.45, 2.75) is 26.3 Å². The van der Waals surface area contributed by atoms with Gasteiger partial charge in [-0.3, -0.25) is 0 Å². The molecule has 0 spiro atoms. The fourth-order valence-electron chi connectivity index (χ4n) is 6.29. The number of aromatic nitrogens is 8. The fraction of sp³-hybridized carbons (Fsp3) is 0.111. The summed E-state index contributed by atoms with van der Waals surface area (Å²) in [6.07, 6.45) is 2.03. The number of unbranched alkanes of at least 4 members (excludes halogenated alkanes) is 1. The molecular weight excluding hydrogens is 544 g/mol. The normalized spacial score (nSPS) is 12.0. The van der Waals surface area contributed by atoms with E-state index in [-0.39, 0.29) is 0 Å². The minimum atomic E-state index is 0.616. The van der Waals surface area contributed by atoms with E-state index < -0.39 is 0 Å². The lowest BCUT2D eigenvalue weighted by molar-refractivity contribution is 0.657. The van der Waals surface area contributed by atoms with Crippen molar-refractivity contribution in [2.75, 3.05) is 0 Å². The molecule has 44 heavy (non-hydrogen) atoms. The molecule has 0 amide bonds. The second-order valence-electron chi connectivity index (χ2n) is 11.1. The number of fused-ring (bicyclic) bond motifs is 20. The number of nitrogens with zero attached hydrogens (tertiary/aromatic N) is 7. The summed E-state index contributed by atoms with van der Waals surface area (Å²) in [6.45, 7) is 2.97. The van der Waals surface area contributed by atoms with Crippen LogP contribution in [0.25, 0.3) is 89.7 Å². The summed E-state index contributed by atoms with van der Waals surface area (Å²) >= 11 is 0. The zero-order valence-electron chi connectivity index (χ0n) is 24.0. The molecule has 2 aliphatic heterocycles. The average molecular weight is 571 g/mol. The molecule has 0 saturated carbocycles. The Labute approximate surface area is 252 Å². The van der Waals surface area contributed by atoms with Crippen LogP contribution in [0.3, 0.4) is 0 Å². The van der Waals surface area contributed by atoms with Crippen LogP contribution in [0.5, 0.6) is 0 Å². The summed E-state index contributed by atoms with van der Waals surface area (Å²) in [5.41, 5.74) is 6.86. The van der Waals surface area contributed by atoms with Crippen LogP contribution in [-0.4, -0.2) is 39.5 Å². The molecule has 8 nitrogen and oxygen atoms in total. The van der Waals surface area contributed by atoms with E-state index in [1.54, 1.807) is 0 Å². The SMILES string of the molecule is CCCCn1c2nc3nc(nc4[nH]c(nc5nc(nc1c1ccccc12)-c1ccccc1-5)c1ccccc41)-c1ccccc1-3. The molecule has 0 radical (unpaired) electrons. The summed E-state index contributed by atoms with van der Waals surface area (Å²) in [4.78, 5) is 34.3. The van der Waals surface area contributed by atoms with Gasteiger partial charge in [0.1, 0.15) is 22.6 Å². The Hall–Kier alpha value is -5.76. The average Bonchev–Trinajstić information content (AvgIpc) is 3.78. The molecule has 0 unspecified atom stereocenters. The van der Waals surface area contributed by atoms with Crippen molar-refractivity contribution in [3.63, 3.8) is 0 Å². The highest BCUT2D eigenvalue weighted by Gasteiger charge is 2.22. The van der Waals surface area contributed by atoms with Crippen molar-refractivity contribution in [2.24, 2.45) is 0 Å². The Morgan fingerprint density at radius 3 is 1.30 bits per heavy atom. The first-order chi connectivity index (χ1) is 21.8. The van der Waals surface area contributed by atoms with Crippen LogP contribution in [-0.2, 0) is 6.54 Å². The maximum absolute atomic E-state index is 5.29. The number of hydrogen-bond acceptors (Lipinski definition) is 6. The van der Waals surface area contributed by atoms with E-state index in [0.29, 0.717) is 34.6 Å². The van der Waals surface area contributed by atoms with Gasteiger partial charge in [0.2, 0.25) is 0 Å². The third-order valence-electron chi connectivity index (χ3n) is 8.43. The summed E-state index contributed by atoms with van der Waals surface area (Å²) < 4.78 is 2.23. The van der Waals surface area contributed by atoms with Crippen LogP contribution < -0.4 is 0 Å². The van der Waals surface area contributed by atoms with Crippen molar-refractivity contribution < 1.29 is 0 Å². The van der Waals surface area contributed by atoms with E-state index in [1.807, 2.05) is 36.4 Å². The van der Waals surface area contributed by atoms with E-state index >= 15 is 0 Å². The molecule has 3 aromatic heterocycles. The fourth-order valence-corrected chi connectivity index (χ4v) is 6.29. The quantitative estimate of drug-likeness (QED) is 0.230. The largest absolute Gasteiger partial charge is 0.324 e. The number of benzene rings is 4. The molecule has 1 N–H and O–H groups in total. The summed E-state index contributed by atoms with van der Waals surface area (Å²) in [5, 5.41) is 3.98. The van der Waals surface area contributed by atoms with Crippen molar-refractivity contribution in [3.8, 4) is 45.6 Å². The minimum Gasteiger partial charge on any atom is -0.324 e. The van der Waals surface area contributed by atoms with E-state index in [9.17, 15) is 0 Å². The Morgan fingerprint density at radius 2 is 0.864 bits per heavy atom. The smallest absolute Gasteiger partial charge is 0.164 e. The maximum atomic E-state index is 5.29. The Bertz CT molecular complexity index is 2290. The number of aryl methyl sites for hydroxylation is 1. The predicted octanol–water partition coefficient (Wildman–Crippen LogP) is 8.14. The molecule has 7 aromatic rings. The van der Waals surface area contributed by atoms with Gasteiger partial charge in [0.05, 0.1) is 0 Å². The first-order valence-corrected chi connectivity index (χ1v) is 15.0. The van der Waals surface area contributed by atoms with E-state index in [2.05, 4.69) is 77.1 Å². The lowest BCUT2D eigenvalue weighted by Crippen LogP contribution is -2.00. The number of H-pyrrole nitrogens is 1. The van der Waals surface area contributed by atoms with Crippen LogP contribution in [0.2, 0.25) is 0 Å². The van der Waals surface area contributed by atoms with Gasteiger partial charge in [0.25, 0.3) is 0 Å². The van der Waals surface area contributed by atoms with Crippen molar-refractivity contribution in [1.82, 2.24) is 39.5 Å². The summed E-state index contributed by atoms with van der Waals surface area (Å²) in [6, 6.07) is 32.8. The molecule has 8 bridgehead atoms. The van der Waals surface area contributed by atoms with Gasteiger partial charge in [-0.05, 0) is 6.42 Å². The molecule has 5 heterocycles. The molecular formula is C36H26N8. The van der Waals surface area contributed by atoms with Crippen LogP contribution in [0.4, 0.5) is 0 Å². The highest BCUT2D eigenvalue weighted by molar-refractivity contribution is 6.06. The van der Waals surface area contributed by atoms with E-state index in [0.717, 1.165) is 74.5 Å². The van der Waals surface area contributed by atoms with Crippen LogP contribution in [0, 0.1) is 0 Å². The number of nitrogens with one attached hydrogen (secondary N) is 1. The van der Waals surface area contributed by atoms with Crippen LogP contribution in [0.1, 0.15) is 19.8 Å².